The highest BCUT2D eigenvalue weighted by molar-refractivity contribution is 5.90. The number of imidazole rings is 1. The van der Waals surface area contributed by atoms with Crippen molar-refractivity contribution in [2.45, 2.75) is 39.0 Å². The van der Waals surface area contributed by atoms with Crippen molar-refractivity contribution in [3.05, 3.63) is 36.0 Å². The Kier molecular flexibility index (Phi) is 6.19. The number of anilines is 1. The van der Waals surface area contributed by atoms with Gasteiger partial charge in [-0.3, -0.25) is 4.79 Å². The Labute approximate surface area is 204 Å². The van der Waals surface area contributed by atoms with Crippen LogP contribution >= 0.6 is 0 Å². The monoisotopic (exact) mass is 501 g/mol. The van der Waals surface area contributed by atoms with E-state index in [-0.39, 0.29) is 36.3 Å². The second-order valence-electron chi connectivity index (χ2n) is 8.81. The largest absolute Gasteiger partial charge is 0.479 e. The van der Waals surface area contributed by atoms with Crippen LogP contribution in [-0.4, -0.2) is 74.0 Å². The SMILES string of the molecule is COc1nc(N[C@H]2CCN(C(C)=O)C[C@H]2F)nn2ccc(-c3cc(F)c4nc(C)n(CCF)c4c3)c12. The van der Waals surface area contributed by atoms with Crippen molar-refractivity contribution in [1.82, 2.24) is 29.0 Å². The lowest BCUT2D eigenvalue weighted by Crippen LogP contribution is -2.49. The predicted molar refractivity (Wildman–Crippen MR) is 128 cm³/mol. The summed E-state index contributed by atoms with van der Waals surface area (Å²) in [6.07, 6.45) is 0.810. The number of hydrogen-bond acceptors (Lipinski definition) is 6. The van der Waals surface area contributed by atoms with Gasteiger partial charge in [0.15, 0.2) is 5.82 Å². The molecule has 1 aromatic carbocycles. The highest BCUT2D eigenvalue weighted by atomic mass is 19.1. The number of hydrogen-bond donors (Lipinski definition) is 1. The number of alkyl halides is 2. The predicted octanol–water partition coefficient (Wildman–Crippen LogP) is 3.54. The van der Waals surface area contributed by atoms with Crippen LogP contribution in [0.5, 0.6) is 5.88 Å². The third-order valence-electron chi connectivity index (χ3n) is 6.59. The number of aromatic nitrogens is 5. The first-order valence-electron chi connectivity index (χ1n) is 11.6. The van der Waals surface area contributed by atoms with Crippen molar-refractivity contribution in [2.24, 2.45) is 0 Å². The number of carbonyl (C=O) groups is 1. The molecular formula is C24H26F3N7O2. The minimum Gasteiger partial charge on any atom is -0.479 e. The van der Waals surface area contributed by atoms with Crippen LogP contribution in [0.4, 0.5) is 19.1 Å². The molecule has 5 rings (SSSR count). The summed E-state index contributed by atoms with van der Waals surface area (Å²) in [6.45, 7) is 3.05. The summed E-state index contributed by atoms with van der Waals surface area (Å²) in [5, 5.41) is 7.48. The van der Waals surface area contributed by atoms with Gasteiger partial charge in [-0.1, -0.05) is 0 Å². The van der Waals surface area contributed by atoms with Crippen LogP contribution in [0, 0.1) is 12.7 Å². The van der Waals surface area contributed by atoms with E-state index in [9.17, 15) is 18.0 Å². The van der Waals surface area contributed by atoms with Crippen LogP contribution in [0.2, 0.25) is 0 Å². The number of nitrogens with zero attached hydrogens (tertiary/aromatic N) is 6. The van der Waals surface area contributed by atoms with E-state index in [1.165, 1.54) is 29.5 Å². The summed E-state index contributed by atoms with van der Waals surface area (Å²) in [5.74, 6) is 0.235. The smallest absolute Gasteiger partial charge is 0.244 e. The lowest BCUT2D eigenvalue weighted by molar-refractivity contribution is -0.131. The van der Waals surface area contributed by atoms with Crippen LogP contribution < -0.4 is 10.1 Å². The molecule has 0 bridgehead atoms. The first kappa shape index (κ1) is 23.9. The van der Waals surface area contributed by atoms with Gasteiger partial charge in [0.2, 0.25) is 17.7 Å². The Morgan fingerprint density at radius 3 is 2.81 bits per heavy atom. The number of methoxy groups -OCH3 is 1. The Morgan fingerprint density at radius 1 is 1.31 bits per heavy atom. The van der Waals surface area contributed by atoms with Gasteiger partial charge in [-0.15, -0.1) is 5.10 Å². The molecule has 1 amide bonds. The van der Waals surface area contributed by atoms with Crippen molar-refractivity contribution in [1.29, 1.82) is 0 Å². The van der Waals surface area contributed by atoms with Gasteiger partial charge in [0.25, 0.3) is 0 Å². The van der Waals surface area contributed by atoms with Gasteiger partial charge in [-0.2, -0.15) is 4.98 Å². The van der Waals surface area contributed by atoms with Crippen molar-refractivity contribution < 1.29 is 22.7 Å². The zero-order valence-electron chi connectivity index (χ0n) is 20.1. The molecule has 12 heteroatoms. The van der Waals surface area contributed by atoms with E-state index in [1.54, 1.807) is 29.8 Å². The quantitative estimate of drug-likeness (QED) is 0.435. The van der Waals surface area contributed by atoms with E-state index in [2.05, 4.69) is 20.4 Å². The fourth-order valence-corrected chi connectivity index (χ4v) is 4.77. The number of rotatable bonds is 6. The molecule has 1 aliphatic heterocycles. The molecule has 0 radical (unpaired) electrons. The van der Waals surface area contributed by atoms with Gasteiger partial charge in [-0.25, -0.2) is 22.7 Å². The molecule has 1 fully saturated rings. The van der Waals surface area contributed by atoms with Crippen LogP contribution in [0.3, 0.4) is 0 Å². The molecule has 4 heterocycles. The molecule has 3 aromatic heterocycles. The summed E-state index contributed by atoms with van der Waals surface area (Å²) < 4.78 is 51.5. The normalized spacial score (nSPS) is 18.2. The third kappa shape index (κ3) is 4.10. The Bertz CT molecular complexity index is 1450. The third-order valence-corrected chi connectivity index (χ3v) is 6.59. The van der Waals surface area contributed by atoms with E-state index in [0.29, 0.717) is 41.0 Å². The standard InChI is InChI=1S/C24H26F3N7O2/c1-13-28-21-17(26)10-15(11-20(21)33(13)9-6-25)16-4-8-34-22(16)23(36-3)30-24(31-34)29-19-5-7-32(14(2)35)12-18(19)27/h4,8,10-11,18-19H,5-7,9,12H2,1-3H3,(H,29,31)/t18-,19+/m1/s1. The molecular weight excluding hydrogens is 475 g/mol. The number of benzene rings is 1. The summed E-state index contributed by atoms with van der Waals surface area (Å²) in [7, 11) is 1.45. The zero-order chi connectivity index (χ0) is 25.6. The van der Waals surface area contributed by atoms with E-state index >= 15 is 0 Å². The summed E-state index contributed by atoms with van der Waals surface area (Å²) in [4.78, 5) is 21.7. The molecule has 0 saturated carbocycles. The minimum atomic E-state index is -1.28. The number of fused-ring (bicyclic) bond motifs is 2. The Morgan fingerprint density at radius 2 is 2.11 bits per heavy atom. The number of halogens is 3. The molecule has 9 nitrogen and oxygen atoms in total. The number of carbonyl (C=O) groups excluding carboxylic acids is 1. The van der Waals surface area contributed by atoms with Crippen molar-refractivity contribution in [3.8, 4) is 17.0 Å². The number of ether oxygens (including phenoxy) is 1. The summed E-state index contributed by atoms with van der Waals surface area (Å²) in [5.41, 5.74) is 2.31. The van der Waals surface area contributed by atoms with E-state index in [4.69, 9.17) is 4.74 Å². The lowest BCUT2D eigenvalue weighted by Gasteiger charge is -2.34. The topological polar surface area (TPSA) is 89.6 Å². The number of piperidine rings is 1. The summed E-state index contributed by atoms with van der Waals surface area (Å²) >= 11 is 0. The molecule has 0 spiro atoms. The second-order valence-corrected chi connectivity index (χ2v) is 8.81. The van der Waals surface area contributed by atoms with Crippen LogP contribution in [0.1, 0.15) is 19.2 Å². The average molecular weight is 502 g/mol. The number of amides is 1. The lowest BCUT2D eigenvalue weighted by atomic mass is 10.0. The maximum Gasteiger partial charge on any atom is 0.244 e. The van der Waals surface area contributed by atoms with Gasteiger partial charge in [0.05, 0.1) is 31.8 Å². The van der Waals surface area contributed by atoms with Crippen LogP contribution in [-0.2, 0) is 11.3 Å². The maximum absolute atomic E-state index is 15.0. The number of likely N-dealkylation sites (tertiary alicyclic amines) is 1. The molecule has 1 aliphatic rings. The van der Waals surface area contributed by atoms with Crippen molar-refractivity contribution in [2.75, 3.05) is 32.2 Å². The van der Waals surface area contributed by atoms with Gasteiger partial charge in [0.1, 0.15) is 29.7 Å². The van der Waals surface area contributed by atoms with Crippen molar-refractivity contribution in [3.63, 3.8) is 0 Å². The van der Waals surface area contributed by atoms with Gasteiger partial charge < -0.3 is 19.5 Å². The van der Waals surface area contributed by atoms with Gasteiger partial charge in [-0.05, 0) is 37.1 Å². The average Bonchev–Trinajstić information content (AvgIpc) is 3.41. The molecule has 0 unspecified atom stereocenters. The molecule has 190 valence electrons. The van der Waals surface area contributed by atoms with E-state index < -0.39 is 24.7 Å². The van der Waals surface area contributed by atoms with Gasteiger partial charge >= 0.3 is 0 Å². The number of aryl methyl sites for hydroxylation is 2. The highest BCUT2D eigenvalue weighted by Crippen LogP contribution is 2.34. The molecule has 4 aromatic rings. The highest BCUT2D eigenvalue weighted by Gasteiger charge is 2.31. The van der Waals surface area contributed by atoms with E-state index in [0.717, 1.165) is 0 Å². The molecule has 1 N–H and O–H groups in total. The molecule has 0 aliphatic carbocycles. The van der Waals surface area contributed by atoms with E-state index in [1.807, 2.05) is 0 Å². The second kappa shape index (κ2) is 9.32. The maximum atomic E-state index is 15.0. The van der Waals surface area contributed by atoms with Crippen LogP contribution in [0.25, 0.3) is 27.7 Å². The molecule has 2 atom stereocenters. The van der Waals surface area contributed by atoms with Crippen LogP contribution in [0.15, 0.2) is 24.4 Å². The Hall–Kier alpha value is -3.83. The Balaban J connectivity index is 1.51. The zero-order valence-corrected chi connectivity index (χ0v) is 20.1. The molecule has 36 heavy (non-hydrogen) atoms. The minimum absolute atomic E-state index is 0.00650. The first-order valence-corrected chi connectivity index (χ1v) is 11.6. The summed E-state index contributed by atoms with van der Waals surface area (Å²) in [6, 6.07) is 4.31. The first-order chi connectivity index (χ1) is 17.3. The fraction of sp³-hybridized carbons (Fsp3) is 0.417. The van der Waals surface area contributed by atoms with Crippen molar-refractivity contribution >= 4 is 28.4 Å². The number of nitrogens with one attached hydrogen (secondary N) is 1. The fourth-order valence-electron chi connectivity index (χ4n) is 4.77. The molecule has 1 saturated heterocycles. The van der Waals surface area contributed by atoms with Gasteiger partial charge in [0, 0.05) is 25.2 Å².